The number of benzene rings is 1. The molecule has 1 amide bonds. The predicted molar refractivity (Wildman–Crippen MR) is 139 cm³/mol. The molecule has 2 fully saturated rings. The highest BCUT2D eigenvalue weighted by molar-refractivity contribution is 7.99. The Hall–Kier alpha value is -3.12. The number of nitriles is 1. The van der Waals surface area contributed by atoms with Crippen LogP contribution in [-0.4, -0.2) is 50.8 Å². The zero-order valence-electron chi connectivity index (χ0n) is 20.9. The van der Waals surface area contributed by atoms with Crippen molar-refractivity contribution in [2.24, 2.45) is 11.8 Å². The van der Waals surface area contributed by atoms with Crippen molar-refractivity contribution in [3.63, 3.8) is 0 Å². The van der Waals surface area contributed by atoms with E-state index in [1.165, 1.54) is 6.07 Å². The second-order valence-corrected chi connectivity index (χ2v) is 11.2. The standard InChI is InChI=1S/C27H31FN6OS/c1-4-36-20-8-9-22(28)21(11-20)27(35)33-10-6-5-7-24(33)23-12-25-30-26(18(3)15-34(25)31-23)32-14-17(2)19(13-29)16-32/h8-9,11-12,15,17,19,24H,4-7,10,14,16H2,1-3H3/t17-,19+,24-/m0/s1. The molecule has 5 rings (SSSR count). The highest BCUT2D eigenvalue weighted by atomic mass is 32.2. The number of aryl methyl sites for hydroxylation is 1. The van der Waals surface area contributed by atoms with Crippen LogP contribution in [0.15, 0.2) is 35.4 Å². The van der Waals surface area contributed by atoms with Crippen LogP contribution in [0.3, 0.4) is 0 Å². The van der Waals surface area contributed by atoms with Gasteiger partial charge in [0, 0.05) is 42.4 Å². The van der Waals surface area contributed by atoms with Gasteiger partial charge in [0.05, 0.1) is 29.3 Å². The molecule has 9 heteroatoms. The molecule has 3 aromatic rings. The largest absolute Gasteiger partial charge is 0.355 e. The Morgan fingerprint density at radius 2 is 2.11 bits per heavy atom. The first kappa shape index (κ1) is 24.6. The van der Waals surface area contributed by atoms with Gasteiger partial charge in [-0.3, -0.25) is 4.79 Å². The summed E-state index contributed by atoms with van der Waals surface area (Å²) in [4.78, 5) is 23.3. The van der Waals surface area contributed by atoms with Crippen LogP contribution in [0.2, 0.25) is 0 Å². The van der Waals surface area contributed by atoms with Crippen molar-refractivity contribution >= 4 is 29.1 Å². The van der Waals surface area contributed by atoms with E-state index in [-0.39, 0.29) is 23.4 Å². The molecule has 0 N–H and O–H groups in total. The second-order valence-electron chi connectivity index (χ2n) is 9.82. The van der Waals surface area contributed by atoms with Crippen LogP contribution < -0.4 is 4.90 Å². The zero-order chi connectivity index (χ0) is 25.4. The van der Waals surface area contributed by atoms with E-state index in [4.69, 9.17) is 10.1 Å². The van der Waals surface area contributed by atoms with E-state index < -0.39 is 5.82 Å². The molecule has 2 saturated heterocycles. The summed E-state index contributed by atoms with van der Waals surface area (Å²) >= 11 is 1.59. The fourth-order valence-electron chi connectivity index (χ4n) is 5.37. The fraction of sp³-hybridized carbons (Fsp3) is 0.481. The summed E-state index contributed by atoms with van der Waals surface area (Å²) in [6, 6.07) is 8.91. The number of likely N-dealkylation sites (tertiary alicyclic amines) is 1. The molecule has 7 nitrogen and oxygen atoms in total. The van der Waals surface area contributed by atoms with Gasteiger partial charge in [0.15, 0.2) is 5.65 Å². The summed E-state index contributed by atoms with van der Waals surface area (Å²) in [6.45, 7) is 8.19. The van der Waals surface area contributed by atoms with E-state index in [0.717, 1.165) is 53.5 Å². The Bertz CT molecular complexity index is 1330. The minimum atomic E-state index is -0.489. The van der Waals surface area contributed by atoms with E-state index >= 15 is 0 Å². The van der Waals surface area contributed by atoms with Crippen LogP contribution in [0.5, 0.6) is 0 Å². The van der Waals surface area contributed by atoms with Crippen molar-refractivity contribution in [3.05, 3.63) is 53.1 Å². The summed E-state index contributed by atoms with van der Waals surface area (Å²) in [6.07, 6.45) is 4.61. The number of aromatic nitrogens is 3. The van der Waals surface area contributed by atoms with Gasteiger partial charge in [0.2, 0.25) is 0 Å². The molecule has 2 aliphatic rings. The predicted octanol–water partition coefficient (Wildman–Crippen LogP) is 5.25. The van der Waals surface area contributed by atoms with Crippen molar-refractivity contribution in [2.45, 2.75) is 51.0 Å². The number of carbonyl (C=O) groups is 1. The Labute approximate surface area is 215 Å². The normalized spacial score (nSPS) is 22.2. The summed E-state index contributed by atoms with van der Waals surface area (Å²) in [5, 5.41) is 14.2. The highest BCUT2D eigenvalue weighted by Crippen LogP contribution is 2.34. The van der Waals surface area contributed by atoms with Crippen molar-refractivity contribution in [2.75, 3.05) is 30.3 Å². The molecule has 0 aliphatic carbocycles. The second kappa shape index (κ2) is 10.1. The van der Waals surface area contributed by atoms with Crippen LogP contribution in [0.25, 0.3) is 5.65 Å². The monoisotopic (exact) mass is 506 g/mol. The average Bonchev–Trinajstić information content (AvgIpc) is 3.46. The SMILES string of the molecule is CCSc1ccc(F)c(C(=O)N2CCCC[C@H]2c2cc3nc(N4C[C@@H](C#N)[C@@H](C)C4)c(C)cn3n2)c1. The molecule has 0 unspecified atom stereocenters. The smallest absolute Gasteiger partial charge is 0.257 e. The third kappa shape index (κ3) is 4.55. The van der Waals surface area contributed by atoms with Crippen molar-refractivity contribution < 1.29 is 9.18 Å². The number of thioether (sulfide) groups is 1. The Morgan fingerprint density at radius 3 is 2.86 bits per heavy atom. The Kier molecular flexibility index (Phi) is 6.89. The topological polar surface area (TPSA) is 77.5 Å². The first-order chi connectivity index (χ1) is 17.4. The molecule has 3 atom stereocenters. The fourth-order valence-corrected chi connectivity index (χ4v) is 6.07. The lowest BCUT2D eigenvalue weighted by Crippen LogP contribution is -2.39. The van der Waals surface area contributed by atoms with Crippen LogP contribution in [0, 0.1) is 35.9 Å². The lowest BCUT2D eigenvalue weighted by atomic mass is 9.98. The molecule has 188 valence electrons. The third-order valence-electron chi connectivity index (χ3n) is 7.29. The molecule has 0 spiro atoms. The van der Waals surface area contributed by atoms with Crippen molar-refractivity contribution in [3.8, 4) is 6.07 Å². The maximum atomic E-state index is 14.7. The molecule has 1 aromatic carbocycles. The number of amides is 1. The van der Waals surface area contributed by atoms with E-state index in [9.17, 15) is 14.4 Å². The first-order valence-electron chi connectivity index (χ1n) is 12.6. The zero-order valence-corrected chi connectivity index (χ0v) is 21.8. The molecular weight excluding hydrogens is 475 g/mol. The van der Waals surface area contributed by atoms with Crippen LogP contribution in [0.1, 0.15) is 60.8 Å². The Morgan fingerprint density at radius 1 is 1.28 bits per heavy atom. The summed E-state index contributed by atoms with van der Waals surface area (Å²) in [5.74, 6) is 1.25. The minimum absolute atomic E-state index is 0.000619. The molecule has 0 saturated carbocycles. The summed E-state index contributed by atoms with van der Waals surface area (Å²) in [5.41, 5.74) is 2.60. The lowest BCUT2D eigenvalue weighted by molar-refractivity contribution is 0.0600. The number of hydrogen-bond donors (Lipinski definition) is 0. The molecule has 2 aliphatic heterocycles. The van der Waals surface area contributed by atoms with E-state index in [2.05, 4.69) is 17.9 Å². The van der Waals surface area contributed by atoms with Crippen LogP contribution in [-0.2, 0) is 0 Å². The van der Waals surface area contributed by atoms with Crippen molar-refractivity contribution in [1.29, 1.82) is 5.26 Å². The number of anilines is 1. The van der Waals surface area contributed by atoms with Gasteiger partial charge in [-0.05, 0) is 56.1 Å². The van der Waals surface area contributed by atoms with Gasteiger partial charge in [-0.1, -0.05) is 13.8 Å². The number of carbonyl (C=O) groups excluding carboxylic acids is 1. The molecular formula is C27H31FN6OS. The number of fused-ring (bicyclic) bond motifs is 1. The van der Waals surface area contributed by atoms with Crippen LogP contribution in [0.4, 0.5) is 10.2 Å². The molecule has 0 bridgehead atoms. The molecule has 4 heterocycles. The number of hydrogen-bond acceptors (Lipinski definition) is 6. The van der Waals surface area contributed by atoms with Gasteiger partial charge in [0.1, 0.15) is 11.6 Å². The van der Waals surface area contributed by atoms with E-state index in [1.54, 1.807) is 33.3 Å². The molecule has 36 heavy (non-hydrogen) atoms. The molecule has 0 radical (unpaired) electrons. The van der Waals surface area contributed by atoms with E-state index in [0.29, 0.717) is 24.7 Å². The Balaban J connectivity index is 1.46. The van der Waals surface area contributed by atoms with Crippen LogP contribution >= 0.6 is 11.8 Å². The minimum Gasteiger partial charge on any atom is -0.355 e. The third-order valence-corrected chi connectivity index (χ3v) is 8.16. The lowest BCUT2D eigenvalue weighted by Gasteiger charge is -2.35. The average molecular weight is 507 g/mol. The van der Waals surface area contributed by atoms with Gasteiger partial charge in [-0.25, -0.2) is 13.9 Å². The quantitative estimate of drug-likeness (QED) is 0.440. The van der Waals surface area contributed by atoms with Gasteiger partial charge in [-0.15, -0.1) is 11.8 Å². The van der Waals surface area contributed by atoms with Crippen molar-refractivity contribution in [1.82, 2.24) is 19.5 Å². The maximum absolute atomic E-state index is 14.7. The highest BCUT2D eigenvalue weighted by Gasteiger charge is 2.33. The van der Waals surface area contributed by atoms with Gasteiger partial charge in [-0.2, -0.15) is 10.4 Å². The van der Waals surface area contributed by atoms with E-state index in [1.807, 2.05) is 26.1 Å². The number of piperidine rings is 1. The van der Waals surface area contributed by atoms with Gasteiger partial charge < -0.3 is 9.80 Å². The summed E-state index contributed by atoms with van der Waals surface area (Å²) < 4.78 is 16.5. The number of rotatable bonds is 5. The van der Waals surface area contributed by atoms with Gasteiger partial charge >= 0.3 is 0 Å². The maximum Gasteiger partial charge on any atom is 0.257 e. The van der Waals surface area contributed by atoms with Gasteiger partial charge in [0.25, 0.3) is 5.91 Å². The summed E-state index contributed by atoms with van der Waals surface area (Å²) in [7, 11) is 0. The number of nitrogens with zero attached hydrogens (tertiary/aromatic N) is 6. The first-order valence-corrected chi connectivity index (χ1v) is 13.6. The molecule has 2 aromatic heterocycles. The number of halogens is 1.